The highest BCUT2D eigenvalue weighted by atomic mass is 16.5. The van der Waals surface area contributed by atoms with E-state index in [0.29, 0.717) is 6.10 Å². The first-order valence-corrected chi connectivity index (χ1v) is 10.8. The monoisotopic (exact) mass is 388 g/mol. The van der Waals surface area contributed by atoms with E-state index in [-0.39, 0.29) is 5.78 Å². The van der Waals surface area contributed by atoms with Crippen molar-refractivity contribution in [3.63, 3.8) is 0 Å². The minimum Gasteiger partial charge on any atom is -0.383 e. The molecule has 2 saturated heterocycles. The molecule has 28 heavy (non-hydrogen) atoms. The summed E-state index contributed by atoms with van der Waals surface area (Å²) >= 11 is 0. The third-order valence-electron chi connectivity index (χ3n) is 6.06. The molecule has 0 bridgehead atoms. The average molecular weight is 389 g/mol. The van der Waals surface area contributed by atoms with Crippen LogP contribution in [0.4, 0.5) is 0 Å². The Morgan fingerprint density at radius 1 is 1.25 bits per heavy atom. The zero-order valence-corrected chi connectivity index (χ0v) is 17.6. The van der Waals surface area contributed by atoms with E-state index in [1.54, 1.807) is 14.0 Å². The fourth-order valence-electron chi connectivity index (χ4n) is 4.40. The van der Waals surface area contributed by atoms with Crippen molar-refractivity contribution in [2.45, 2.75) is 45.3 Å². The summed E-state index contributed by atoms with van der Waals surface area (Å²) in [6, 6.07) is 8.11. The van der Waals surface area contributed by atoms with E-state index in [1.165, 1.54) is 44.3 Å². The number of likely N-dealkylation sites (tertiary alicyclic amines) is 1. The lowest BCUT2D eigenvalue weighted by Crippen LogP contribution is -2.41. The molecule has 3 rings (SSSR count). The van der Waals surface area contributed by atoms with Gasteiger partial charge in [-0.25, -0.2) is 0 Å². The highest BCUT2D eigenvalue weighted by Crippen LogP contribution is 2.22. The van der Waals surface area contributed by atoms with Gasteiger partial charge in [-0.05, 0) is 63.2 Å². The third-order valence-corrected chi connectivity index (χ3v) is 6.06. The van der Waals surface area contributed by atoms with Gasteiger partial charge in [0.05, 0.1) is 12.7 Å². The van der Waals surface area contributed by atoms with Crippen LogP contribution in [0.15, 0.2) is 24.3 Å². The number of rotatable bonds is 10. The van der Waals surface area contributed by atoms with Crippen LogP contribution in [0.1, 0.15) is 48.5 Å². The molecule has 0 amide bonds. The molecule has 1 aromatic carbocycles. The predicted molar refractivity (Wildman–Crippen MR) is 112 cm³/mol. The second kappa shape index (κ2) is 11.1. The predicted octanol–water partition coefficient (Wildman–Crippen LogP) is 3.23. The third kappa shape index (κ3) is 6.66. The maximum atomic E-state index is 11.7. The molecule has 2 heterocycles. The number of nitrogens with zero attached hydrogens (tertiary/aromatic N) is 2. The van der Waals surface area contributed by atoms with Crippen LogP contribution < -0.4 is 0 Å². The van der Waals surface area contributed by atoms with Crippen molar-refractivity contribution in [2.24, 2.45) is 5.92 Å². The molecule has 5 heteroatoms. The Bertz CT molecular complexity index is 608. The van der Waals surface area contributed by atoms with E-state index in [2.05, 4.69) is 21.9 Å². The average Bonchev–Trinajstić information content (AvgIpc) is 3.20. The van der Waals surface area contributed by atoms with Crippen molar-refractivity contribution in [1.82, 2.24) is 9.80 Å². The Hall–Kier alpha value is -1.27. The van der Waals surface area contributed by atoms with E-state index in [4.69, 9.17) is 9.47 Å². The van der Waals surface area contributed by atoms with Crippen molar-refractivity contribution in [3.8, 4) is 0 Å². The van der Waals surface area contributed by atoms with Gasteiger partial charge in [0.25, 0.3) is 0 Å². The molecule has 0 radical (unpaired) electrons. The van der Waals surface area contributed by atoms with Gasteiger partial charge in [-0.2, -0.15) is 0 Å². The number of piperidine rings is 1. The summed E-state index contributed by atoms with van der Waals surface area (Å²) in [4.78, 5) is 16.8. The van der Waals surface area contributed by atoms with Crippen LogP contribution >= 0.6 is 0 Å². The summed E-state index contributed by atoms with van der Waals surface area (Å²) in [6.07, 6.45) is 5.20. The highest BCUT2D eigenvalue weighted by molar-refractivity contribution is 5.94. The Morgan fingerprint density at radius 2 is 2.07 bits per heavy atom. The van der Waals surface area contributed by atoms with Crippen LogP contribution in [-0.4, -0.2) is 74.7 Å². The SMILES string of the molecule is COCCN1CCC(CN(Cc2cccc(C(C)=O)c2)C[C@@H]2CCCO2)CC1. The van der Waals surface area contributed by atoms with Gasteiger partial charge in [0.15, 0.2) is 5.78 Å². The number of hydrogen-bond donors (Lipinski definition) is 0. The number of hydrogen-bond acceptors (Lipinski definition) is 5. The normalized spacial score (nSPS) is 21.5. The lowest BCUT2D eigenvalue weighted by Gasteiger charge is -2.35. The standard InChI is InChI=1S/C23H36N2O3/c1-19(26)22-6-3-5-21(15-22)17-25(18-23-7-4-13-28-23)16-20-8-10-24(11-9-20)12-14-27-2/h3,5-6,15,20,23H,4,7-14,16-18H2,1-2H3/t23-/m0/s1. The summed E-state index contributed by atoms with van der Waals surface area (Å²) in [5.74, 6) is 0.868. The molecule has 2 fully saturated rings. The van der Waals surface area contributed by atoms with Crippen LogP contribution in [0, 0.1) is 5.92 Å². The summed E-state index contributed by atoms with van der Waals surface area (Å²) in [7, 11) is 1.77. The van der Waals surface area contributed by atoms with Gasteiger partial charge in [0, 0.05) is 45.5 Å². The summed E-state index contributed by atoms with van der Waals surface area (Å²) in [5, 5.41) is 0. The molecule has 0 spiro atoms. The van der Waals surface area contributed by atoms with Crippen molar-refractivity contribution in [3.05, 3.63) is 35.4 Å². The summed E-state index contributed by atoms with van der Waals surface area (Å²) < 4.78 is 11.1. The van der Waals surface area contributed by atoms with E-state index >= 15 is 0 Å². The maximum absolute atomic E-state index is 11.7. The molecule has 1 aromatic rings. The Morgan fingerprint density at radius 3 is 2.75 bits per heavy atom. The number of ketones is 1. The molecule has 0 aliphatic carbocycles. The van der Waals surface area contributed by atoms with Gasteiger partial charge in [-0.15, -0.1) is 0 Å². The van der Waals surface area contributed by atoms with Crippen molar-refractivity contribution in [2.75, 3.05) is 53.0 Å². The van der Waals surface area contributed by atoms with Gasteiger partial charge in [-0.3, -0.25) is 9.69 Å². The van der Waals surface area contributed by atoms with E-state index in [9.17, 15) is 4.79 Å². The molecule has 0 unspecified atom stereocenters. The lowest BCUT2D eigenvalue weighted by atomic mass is 9.95. The minimum absolute atomic E-state index is 0.135. The lowest BCUT2D eigenvalue weighted by molar-refractivity contribution is 0.0551. The first kappa shape index (κ1) is 21.4. The Balaban J connectivity index is 1.57. The number of carbonyl (C=O) groups is 1. The Kier molecular flexibility index (Phi) is 8.46. The Labute approximate surface area is 170 Å². The van der Waals surface area contributed by atoms with Gasteiger partial charge in [-0.1, -0.05) is 18.2 Å². The molecule has 1 atom stereocenters. The molecule has 2 aliphatic rings. The maximum Gasteiger partial charge on any atom is 0.159 e. The van der Waals surface area contributed by atoms with Crippen LogP contribution in [0.2, 0.25) is 0 Å². The quantitative estimate of drug-likeness (QED) is 0.576. The first-order chi connectivity index (χ1) is 13.6. The number of carbonyl (C=O) groups excluding carboxylic acids is 1. The first-order valence-electron chi connectivity index (χ1n) is 10.8. The highest BCUT2D eigenvalue weighted by Gasteiger charge is 2.24. The fourth-order valence-corrected chi connectivity index (χ4v) is 4.40. The van der Waals surface area contributed by atoms with Gasteiger partial charge in [0.2, 0.25) is 0 Å². The number of Topliss-reactive ketones (excluding diaryl/α,β-unsaturated/α-hetero) is 1. The van der Waals surface area contributed by atoms with E-state index in [0.717, 1.165) is 50.9 Å². The second-order valence-corrected chi connectivity index (χ2v) is 8.36. The molecule has 0 aromatic heterocycles. The second-order valence-electron chi connectivity index (χ2n) is 8.36. The summed E-state index contributed by atoms with van der Waals surface area (Å²) in [5.41, 5.74) is 2.03. The minimum atomic E-state index is 0.135. The van der Waals surface area contributed by atoms with Crippen molar-refractivity contribution < 1.29 is 14.3 Å². The number of benzene rings is 1. The van der Waals surface area contributed by atoms with Gasteiger partial charge >= 0.3 is 0 Å². The van der Waals surface area contributed by atoms with Crippen LogP contribution in [0.25, 0.3) is 0 Å². The zero-order valence-electron chi connectivity index (χ0n) is 17.6. The molecule has 2 aliphatic heterocycles. The van der Waals surface area contributed by atoms with Crippen molar-refractivity contribution in [1.29, 1.82) is 0 Å². The fraction of sp³-hybridized carbons (Fsp3) is 0.696. The zero-order chi connectivity index (χ0) is 19.8. The number of ether oxygens (including phenoxy) is 2. The molecular formula is C23H36N2O3. The molecule has 0 saturated carbocycles. The smallest absolute Gasteiger partial charge is 0.159 e. The van der Waals surface area contributed by atoms with Crippen LogP contribution in [0.3, 0.4) is 0 Å². The van der Waals surface area contributed by atoms with E-state index in [1.807, 2.05) is 12.1 Å². The van der Waals surface area contributed by atoms with Gasteiger partial charge < -0.3 is 14.4 Å². The topological polar surface area (TPSA) is 42.0 Å². The summed E-state index contributed by atoms with van der Waals surface area (Å²) in [6.45, 7) is 9.74. The van der Waals surface area contributed by atoms with Crippen LogP contribution in [0.5, 0.6) is 0 Å². The molecular weight excluding hydrogens is 352 g/mol. The van der Waals surface area contributed by atoms with Gasteiger partial charge in [0.1, 0.15) is 0 Å². The van der Waals surface area contributed by atoms with E-state index < -0.39 is 0 Å². The largest absolute Gasteiger partial charge is 0.383 e. The van der Waals surface area contributed by atoms with Crippen molar-refractivity contribution >= 4 is 5.78 Å². The molecule has 5 nitrogen and oxygen atoms in total. The molecule has 156 valence electrons. The number of methoxy groups -OCH3 is 1. The molecule has 0 N–H and O–H groups in total. The van der Waals surface area contributed by atoms with Crippen LogP contribution in [-0.2, 0) is 16.0 Å².